The first kappa shape index (κ1) is 10.3. The van der Waals surface area contributed by atoms with Crippen LogP contribution in [0, 0.1) is 11.8 Å². The molecule has 0 aliphatic heterocycles. The van der Waals surface area contributed by atoms with Crippen molar-refractivity contribution in [3.63, 3.8) is 0 Å². The molecule has 0 radical (unpaired) electrons. The maximum absolute atomic E-state index is 5.77. The van der Waals surface area contributed by atoms with Gasteiger partial charge >= 0.3 is 0 Å². The first-order valence-electron chi connectivity index (χ1n) is 6.34. The number of aromatic nitrogens is 2. The molecule has 2 aliphatic rings. The second-order valence-electron chi connectivity index (χ2n) is 5.18. The van der Waals surface area contributed by atoms with Crippen LogP contribution in [0.3, 0.4) is 0 Å². The van der Waals surface area contributed by atoms with Gasteiger partial charge in [0.2, 0.25) is 11.8 Å². The Bertz CT molecular complexity index is 366. The second kappa shape index (κ2) is 3.84. The Hall–Kier alpha value is -0.900. The van der Waals surface area contributed by atoms with E-state index in [0.717, 1.165) is 30.2 Å². The zero-order valence-corrected chi connectivity index (χ0v) is 9.94. The van der Waals surface area contributed by atoms with Crippen molar-refractivity contribution in [2.75, 3.05) is 6.54 Å². The van der Waals surface area contributed by atoms with Gasteiger partial charge in [-0.05, 0) is 44.6 Å². The quantitative estimate of drug-likeness (QED) is 0.847. The van der Waals surface area contributed by atoms with Crippen molar-refractivity contribution in [1.82, 2.24) is 15.5 Å². The van der Waals surface area contributed by atoms with E-state index in [4.69, 9.17) is 4.42 Å². The molecule has 1 heterocycles. The van der Waals surface area contributed by atoms with Crippen LogP contribution in [-0.4, -0.2) is 16.7 Å². The molecule has 88 valence electrons. The van der Waals surface area contributed by atoms with Gasteiger partial charge in [-0.3, -0.25) is 0 Å². The SMILES string of the molecule is CCNC(C)c1nnc(C2CC3CC3C2)o1. The van der Waals surface area contributed by atoms with E-state index < -0.39 is 0 Å². The lowest BCUT2D eigenvalue weighted by Crippen LogP contribution is -2.17. The maximum atomic E-state index is 5.77. The van der Waals surface area contributed by atoms with Crippen molar-refractivity contribution < 1.29 is 4.42 Å². The van der Waals surface area contributed by atoms with Crippen molar-refractivity contribution in [2.45, 2.75) is 45.1 Å². The molecule has 0 spiro atoms. The third-order valence-corrected chi connectivity index (χ3v) is 3.93. The third kappa shape index (κ3) is 1.75. The predicted octanol–water partition coefficient (Wildman–Crippen LogP) is 2.25. The maximum Gasteiger partial charge on any atom is 0.233 e. The van der Waals surface area contributed by atoms with Gasteiger partial charge in [0, 0.05) is 5.92 Å². The molecule has 1 aromatic heterocycles. The Morgan fingerprint density at radius 2 is 2.06 bits per heavy atom. The molecule has 2 aliphatic carbocycles. The minimum Gasteiger partial charge on any atom is -0.423 e. The molecule has 2 saturated carbocycles. The van der Waals surface area contributed by atoms with Gasteiger partial charge in [0.15, 0.2) is 0 Å². The Kier molecular flexibility index (Phi) is 2.46. The Balaban J connectivity index is 1.67. The van der Waals surface area contributed by atoms with Crippen LogP contribution in [0.15, 0.2) is 4.42 Å². The molecule has 3 unspecified atom stereocenters. The van der Waals surface area contributed by atoms with Crippen LogP contribution in [0.4, 0.5) is 0 Å². The lowest BCUT2D eigenvalue weighted by atomic mass is 10.0. The lowest BCUT2D eigenvalue weighted by molar-refractivity contribution is 0.370. The minimum absolute atomic E-state index is 0.169. The normalized spacial score (nSPS) is 33.8. The highest BCUT2D eigenvalue weighted by atomic mass is 16.4. The van der Waals surface area contributed by atoms with Gasteiger partial charge in [-0.1, -0.05) is 6.92 Å². The summed E-state index contributed by atoms with van der Waals surface area (Å²) < 4.78 is 5.77. The van der Waals surface area contributed by atoms with Crippen LogP contribution >= 0.6 is 0 Å². The third-order valence-electron chi connectivity index (χ3n) is 3.93. The van der Waals surface area contributed by atoms with Gasteiger partial charge in [0.25, 0.3) is 0 Å². The first-order valence-corrected chi connectivity index (χ1v) is 6.34. The van der Waals surface area contributed by atoms with E-state index in [1.165, 1.54) is 19.3 Å². The molecule has 0 amide bonds. The van der Waals surface area contributed by atoms with Crippen molar-refractivity contribution in [3.05, 3.63) is 11.8 Å². The highest BCUT2D eigenvalue weighted by molar-refractivity contribution is 5.06. The molecular formula is C12H19N3O. The summed E-state index contributed by atoms with van der Waals surface area (Å²) in [6.45, 7) is 5.07. The lowest BCUT2D eigenvalue weighted by Gasteiger charge is -2.07. The average molecular weight is 221 g/mol. The van der Waals surface area contributed by atoms with Crippen LogP contribution in [0.25, 0.3) is 0 Å². The highest BCUT2D eigenvalue weighted by Gasteiger charge is 2.47. The van der Waals surface area contributed by atoms with Crippen LogP contribution < -0.4 is 5.32 Å². The second-order valence-corrected chi connectivity index (χ2v) is 5.18. The fourth-order valence-electron chi connectivity index (χ4n) is 2.90. The summed E-state index contributed by atoms with van der Waals surface area (Å²) in [4.78, 5) is 0. The van der Waals surface area contributed by atoms with Crippen LogP contribution in [0.2, 0.25) is 0 Å². The topological polar surface area (TPSA) is 51.0 Å². The van der Waals surface area contributed by atoms with E-state index in [9.17, 15) is 0 Å². The molecular weight excluding hydrogens is 202 g/mol. The summed E-state index contributed by atoms with van der Waals surface area (Å²) in [6.07, 6.45) is 3.97. The van der Waals surface area contributed by atoms with Gasteiger partial charge < -0.3 is 9.73 Å². The minimum atomic E-state index is 0.169. The van der Waals surface area contributed by atoms with Crippen molar-refractivity contribution >= 4 is 0 Å². The standard InChI is InChI=1S/C12H19N3O/c1-3-13-7(2)11-14-15-12(16-11)10-5-8-4-9(8)6-10/h7-10,13H,3-6H2,1-2H3. The fourth-order valence-corrected chi connectivity index (χ4v) is 2.90. The van der Waals surface area contributed by atoms with E-state index in [-0.39, 0.29) is 6.04 Å². The number of hydrogen-bond donors (Lipinski definition) is 1. The molecule has 3 rings (SSSR count). The number of hydrogen-bond acceptors (Lipinski definition) is 4. The Morgan fingerprint density at radius 3 is 2.75 bits per heavy atom. The van der Waals surface area contributed by atoms with Gasteiger partial charge in [-0.15, -0.1) is 10.2 Å². The summed E-state index contributed by atoms with van der Waals surface area (Å²) in [7, 11) is 0. The van der Waals surface area contributed by atoms with Crippen molar-refractivity contribution in [1.29, 1.82) is 0 Å². The molecule has 0 bridgehead atoms. The molecule has 16 heavy (non-hydrogen) atoms. The molecule has 3 atom stereocenters. The van der Waals surface area contributed by atoms with E-state index in [1.54, 1.807) is 0 Å². The first-order chi connectivity index (χ1) is 7.78. The molecule has 0 saturated heterocycles. The summed E-state index contributed by atoms with van der Waals surface area (Å²) in [5.41, 5.74) is 0. The van der Waals surface area contributed by atoms with Crippen LogP contribution in [0.5, 0.6) is 0 Å². The number of fused-ring (bicyclic) bond motifs is 1. The fraction of sp³-hybridized carbons (Fsp3) is 0.833. The summed E-state index contributed by atoms with van der Waals surface area (Å²) in [6, 6.07) is 0.169. The van der Waals surface area contributed by atoms with Crippen LogP contribution in [0.1, 0.15) is 56.9 Å². The summed E-state index contributed by atoms with van der Waals surface area (Å²) in [5.74, 6) is 4.07. The Labute approximate surface area is 95.8 Å². The van der Waals surface area contributed by atoms with E-state index in [2.05, 4.69) is 29.4 Å². The molecule has 4 heteroatoms. The molecule has 1 N–H and O–H groups in total. The van der Waals surface area contributed by atoms with E-state index in [1.807, 2.05) is 0 Å². The monoisotopic (exact) mass is 221 g/mol. The van der Waals surface area contributed by atoms with Gasteiger partial charge in [-0.25, -0.2) is 0 Å². The number of rotatable bonds is 4. The van der Waals surface area contributed by atoms with Gasteiger partial charge in [0.1, 0.15) is 0 Å². The predicted molar refractivity (Wildman–Crippen MR) is 60.0 cm³/mol. The molecule has 2 fully saturated rings. The van der Waals surface area contributed by atoms with E-state index >= 15 is 0 Å². The summed E-state index contributed by atoms with van der Waals surface area (Å²) >= 11 is 0. The number of nitrogens with zero attached hydrogens (tertiary/aromatic N) is 2. The molecule has 0 aromatic carbocycles. The average Bonchev–Trinajstić information content (AvgIpc) is 2.74. The van der Waals surface area contributed by atoms with Crippen molar-refractivity contribution in [3.8, 4) is 0 Å². The largest absolute Gasteiger partial charge is 0.423 e. The zero-order valence-electron chi connectivity index (χ0n) is 9.94. The highest BCUT2D eigenvalue weighted by Crippen LogP contribution is 2.57. The van der Waals surface area contributed by atoms with Crippen LogP contribution in [-0.2, 0) is 0 Å². The molecule has 4 nitrogen and oxygen atoms in total. The summed E-state index contributed by atoms with van der Waals surface area (Å²) in [5, 5.41) is 11.6. The van der Waals surface area contributed by atoms with Crippen molar-refractivity contribution in [2.24, 2.45) is 11.8 Å². The molecule has 1 aromatic rings. The van der Waals surface area contributed by atoms with E-state index in [0.29, 0.717) is 5.92 Å². The zero-order chi connectivity index (χ0) is 11.1. The van der Waals surface area contributed by atoms with Gasteiger partial charge in [-0.2, -0.15) is 0 Å². The number of nitrogens with one attached hydrogen (secondary N) is 1. The Morgan fingerprint density at radius 1 is 1.31 bits per heavy atom. The smallest absolute Gasteiger partial charge is 0.233 e. The van der Waals surface area contributed by atoms with Gasteiger partial charge in [0.05, 0.1) is 6.04 Å².